The molecule has 0 amide bonds. The van der Waals surface area contributed by atoms with Crippen LogP contribution in [-0.2, 0) is 9.47 Å². The van der Waals surface area contributed by atoms with Crippen LogP contribution in [0.4, 0.5) is 4.39 Å². The van der Waals surface area contributed by atoms with Crippen LogP contribution in [0.15, 0.2) is 28.5 Å². The molecule has 0 aliphatic rings. The largest absolute Gasteiger partial charge is 0.350 e. The number of aromatic nitrogens is 1. The molecule has 2 rings (SSSR count). The van der Waals surface area contributed by atoms with Crippen molar-refractivity contribution >= 4 is 23.1 Å². The Morgan fingerprint density at radius 2 is 2.10 bits per heavy atom. The molecule has 2 aromatic rings. The van der Waals surface area contributed by atoms with E-state index in [9.17, 15) is 4.39 Å². The SMILES string of the molecule is CCSc1cccc(F)c1-c1nc(C(OC)OC)cs1. The zero-order valence-corrected chi connectivity index (χ0v) is 13.2. The number of ether oxygens (including phenoxy) is 2. The first-order chi connectivity index (χ1) is 9.71. The molecular formula is C14H16FNO2S2. The van der Waals surface area contributed by atoms with Gasteiger partial charge >= 0.3 is 0 Å². The van der Waals surface area contributed by atoms with E-state index in [-0.39, 0.29) is 5.82 Å². The third-order valence-electron chi connectivity index (χ3n) is 2.68. The van der Waals surface area contributed by atoms with E-state index in [1.54, 1.807) is 32.0 Å². The quantitative estimate of drug-likeness (QED) is 0.586. The lowest BCUT2D eigenvalue weighted by molar-refractivity contribution is -0.108. The molecule has 0 bridgehead atoms. The van der Waals surface area contributed by atoms with Gasteiger partial charge in [0.1, 0.15) is 16.5 Å². The highest BCUT2D eigenvalue weighted by atomic mass is 32.2. The van der Waals surface area contributed by atoms with Crippen molar-refractivity contribution in [3.63, 3.8) is 0 Å². The minimum Gasteiger partial charge on any atom is -0.350 e. The summed E-state index contributed by atoms with van der Waals surface area (Å²) in [5.41, 5.74) is 1.22. The number of benzene rings is 1. The van der Waals surface area contributed by atoms with Gasteiger partial charge in [-0.05, 0) is 17.9 Å². The first-order valence-electron chi connectivity index (χ1n) is 6.14. The number of nitrogens with zero attached hydrogens (tertiary/aromatic N) is 1. The van der Waals surface area contributed by atoms with Crippen LogP contribution in [0, 0.1) is 5.82 Å². The van der Waals surface area contributed by atoms with Crippen molar-refractivity contribution in [2.45, 2.75) is 18.1 Å². The fourth-order valence-electron chi connectivity index (χ4n) is 1.83. The number of rotatable bonds is 6. The molecule has 1 heterocycles. The highest BCUT2D eigenvalue weighted by Crippen LogP contribution is 2.36. The maximum Gasteiger partial charge on any atom is 0.201 e. The molecule has 0 radical (unpaired) electrons. The van der Waals surface area contributed by atoms with E-state index in [0.717, 1.165) is 10.6 Å². The Morgan fingerprint density at radius 3 is 2.75 bits per heavy atom. The standard InChI is InChI=1S/C14H16FNO2S2/c1-4-19-11-7-5-6-9(15)12(11)13-16-10(8-20-13)14(17-2)18-3/h5-8,14H,4H2,1-3H3. The van der Waals surface area contributed by atoms with E-state index in [4.69, 9.17) is 9.47 Å². The van der Waals surface area contributed by atoms with Crippen molar-refractivity contribution in [2.75, 3.05) is 20.0 Å². The molecule has 6 heteroatoms. The van der Waals surface area contributed by atoms with Crippen LogP contribution in [0.3, 0.4) is 0 Å². The molecular weight excluding hydrogens is 297 g/mol. The molecule has 0 N–H and O–H groups in total. The Bertz CT molecular complexity index is 570. The molecule has 108 valence electrons. The minimum absolute atomic E-state index is 0.254. The number of hydrogen-bond acceptors (Lipinski definition) is 5. The lowest BCUT2D eigenvalue weighted by Gasteiger charge is -2.10. The molecule has 1 aromatic heterocycles. The Kier molecular flexibility index (Phi) is 5.54. The first-order valence-corrected chi connectivity index (χ1v) is 8.00. The highest BCUT2D eigenvalue weighted by molar-refractivity contribution is 7.99. The lowest BCUT2D eigenvalue weighted by Crippen LogP contribution is -2.03. The van der Waals surface area contributed by atoms with Gasteiger partial charge in [-0.15, -0.1) is 23.1 Å². The predicted octanol–water partition coefficient (Wildman–Crippen LogP) is 4.35. The van der Waals surface area contributed by atoms with Crippen molar-refractivity contribution < 1.29 is 13.9 Å². The summed E-state index contributed by atoms with van der Waals surface area (Å²) in [6.45, 7) is 2.04. The van der Waals surface area contributed by atoms with E-state index in [0.29, 0.717) is 16.3 Å². The topological polar surface area (TPSA) is 31.4 Å². The Labute approximate surface area is 126 Å². The summed E-state index contributed by atoms with van der Waals surface area (Å²) in [6.07, 6.45) is -0.519. The summed E-state index contributed by atoms with van der Waals surface area (Å²) in [6, 6.07) is 5.09. The smallest absolute Gasteiger partial charge is 0.201 e. The molecule has 0 spiro atoms. The van der Waals surface area contributed by atoms with Crippen molar-refractivity contribution in [3.8, 4) is 10.6 Å². The average molecular weight is 313 g/mol. The Morgan fingerprint density at radius 1 is 1.35 bits per heavy atom. The maximum atomic E-state index is 14.1. The van der Waals surface area contributed by atoms with Gasteiger partial charge in [-0.1, -0.05) is 13.0 Å². The van der Waals surface area contributed by atoms with Crippen LogP contribution in [0.25, 0.3) is 10.6 Å². The average Bonchev–Trinajstić information content (AvgIpc) is 2.90. The third kappa shape index (κ3) is 3.20. The Hall–Kier alpha value is -0.950. The van der Waals surface area contributed by atoms with E-state index < -0.39 is 6.29 Å². The summed E-state index contributed by atoms with van der Waals surface area (Å²) in [5.74, 6) is 0.628. The van der Waals surface area contributed by atoms with Crippen molar-refractivity contribution in [1.82, 2.24) is 4.98 Å². The number of thioether (sulfide) groups is 1. The summed E-state index contributed by atoms with van der Waals surface area (Å²) in [4.78, 5) is 5.34. The van der Waals surface area contributed by atoms with Gasteiger partial charge in [0.2, 0.25) is 6.29 Å². The maximum absolute atomic E-state index is 14.1. The summed E-state index contributed by atoms with van der Waals surface area (Å²) in [5, 5.41) is 2.48. The van der Waals surface area contributed by atoms with Gasteiger partial charge in [0.05, 0.1) is 5.56 Å². The molecule has 20 heavy (non-hydrogen) atoms. The second-order valence-corrected chi connectivity index (χ2v) is 6.09. The van der Waals surface area contributed by atoms with Crippen molar-refractivity contribution in [1.29, 1.82) is 0 Å². The Balaban J connectivity index is 2.41. The van der Waals surface area contributed by atoms with E-state index >= 15 is 0 Å². The molecule has 0 saturated carbocycles. The summed E-state index contributed by atoms with van der Waals surface area (Å²) in [7, 11) is 3.10. The number of methoxy groups -OCH3 is 2. The van der Waals surface area contributed by atoms with Crippen LogP contribution >= 0.6 is 23.1 Å². The van der Waals surface area contributed by atoms with Crippen LogP contribution in [0.2, 0.25) is 0 Å². The molecule has 0 unspecified atom stereocenters. The predicted molar refractivity (Wildman–Crippen MR) is 80.7 cm³/mol. The molecule has 0 saturated heterocycles. The molecule has 1 aromatic carbocycles. The van der Waals surface area contributed by atoms with Crippen LogP contribution < -0.4 is 0 Å². The van der Waals surface area contributed by atoms with Crippen molar-refractivity contribution in [3.05, 3.63) is 35.1 Å². The monoisotopic (exact) mass is 313 g/mol. The molecule has 3 nitrogen and oxygen atoms in total. The van der Waals surface area contributed by atoms with Gasteiger partial charge < -0.3 is 9.47 Å². The van der Waals surface area contributed by atoms with Gasteiger partial charge in [0.25, 0.3) is 0 Å². The fraction of sp³-hybridized carbons (Fsp3) is 0.357. The van der Waals surface area contributed by atoms with Gasteiger partial charge in [0.15, 0.2) is 0 Å². The van der Waals surface area contributed by atoms with Gasteiger partial charge in [0, 0.05) is 24.5 Å². The molecule has 0 aliphatic heterocycles. The fourth-order valence-corrected chi connectivity index (χ4v) is 3.60. The number of thiazole rings is 1. The summed E-state index contributed by atoms with van der Waals surface area (Å²) >= 11 is 3.00. The first kappa shape index (κ1) is 15.4. The highest BCUT2D eigenvalue weighted by Gasteiger charge is 2.18. The zero-order chi connectivity index (χ0) is 14.5. The summed E-state index contributed by atoms with van der Waals surface area (Å²) < 4.78 is 24.5. The van der Waals surface area contributed by atoms with Crippen LogP contribution in [0.5, 0.6) is 0 Å². The minimum atomic E-state index is -0.519. The zero-order valence-electron chi connectivity index (χ0n) is 11.6. The van der Waals surface area contributed by atoms with Gasteiger partial charge in [-0.3, -0.25) is 0 Å². The normalized spacial score (nSPS) is 11.2. The van der Waals surface area contributed by atoms with E-state index in [2.05, 4.69) is 4.98 Å². The van der Waals surface area contributed by atoms with Crippen LogP contribution in [0.1, 0.15) is 18.9 Å². The van der Waals surface area contributed by atoms with E-state index in [1.807, 2.05) is 18.4 Å². The number of hydrogen-bond donors (Lipinski definition) is 0. The van der Waals surface area contributed by atoms with Gasteiger partial charge in [-0.25, -0.2) is 9.37 Å². The van der Waals surface area contributed by atoms with Gasteiger partial charge in [-0.2, -0.15) is 0 Å². The molecule has 0 aliphatic carbocycles. The number of halogens is 1. The third-order valence-corrected chi connectivity index (χ3v) is 4.50. The van der Waals surface area contributed by atoms with E-state index in [1.165, 1.54) is 17.4 Å². The molecule has 0 atom stereocenters. The lowest BCUT2D eigenvalue weighted by atomic mass is 10.2. The second kappa shape index (κ2) is 7.17. The second-order valence-electron chi connectivity index (χ2n) is 3.93. The van der Waals surface area contributed by atoms with Crippen LogP contribution in [-0.4, -0.2) is 25.0 Å². The molecule has 0 fully saturated rings. The van der Waals surface area contributed by atoms with Crippen molar-refractivity contribution in [2.24, 2.45) is 0 Å².